The minimum absolute atomic E-state index is 0.0497. The number of hydroxylamine groups is 1. The van der Waals surface area contributed by atoms with Gasteiger partial charge in [-0.2, -0.15) is 5.48 Å². The van der Waals surface area contributed by atoms with Gasteiger partial charge in [0.2, 0.25) is 0 Å². The Morgan fingerprint density at radius 1 is 1.34 bits per heavy atom. The van der Waals surface area contributed by atoms with E-state index >= 15 is 0 Å². The van der Waals surface area contributed by atoms with Gasteiger partial charge in [-0.25, -0.2) is 10.4 Å². The van der Waals surface area contributed by atoms with Crippen molar-refractivity contribution in [2.24, 2.45) is 0 Å². The summed E-state index contributed by atoms with van der Waals surface area (Å²) in [5.74, 6) is 1.58. The lowest BCUT2D eigenvalue weighted by Gasteiger charge is -2.35. The number of aromatic nitrogens is 1. The van der Waals surface area contributed by atoms with E-state index in [1.54, 1.807) is 12.4 Å². The number of hydrogen-bond donors (Lipinski definition) is 4. The number of anilines is 2. The van der Waals surface area contributed by atoms with Gasteiger partial charge in [-0.3, -0.25) is 9.80 Å². The third-order valence-electron chi connectivity index (χ3n) is 5.71. The lowest BCUT2D eigenvalue weighted by atomic mass is 9.99. The Hall–Kier alpha value is -3.04. The van der Waals surface area contributed by atoms with E-state index in [1.807, 2.05) is 24.1 Å². The smallest absolute Gasteiger partial charge is 0.274 e. The number of hydrazine groups is 1. The van der Waals surface area contributed by atoms with Crippen LogP contribution in [0, 0.1) is 0 Å². The first-order valence-electron chi connectivity index (χ1n) is 9.95. The summed E-state index contributed by atoms with van der Waals surface area (Å²) < 4.78 is 0. The lowest BCUT2D eigenvalue weighted by molar-refractivity contribution is -0.114. The Kier molecular flexibility index (Phi) is 4.40. The highest BCUT2D eigenvalue weighted by atomic mass is 16.7. The molecule has 5 rings (SSSR count). The van der Waals surface area contributed by atoms with Gasteiger partial charge in [-0.05, 0) is 32.4 Å². The molecule has 0 bridgehead atoms. The van der Waals surface area contributed by atoms with Crippen molar-refractivity contribution in [3.8, 4) is 0 Å². The maximum Gasteiger partial charge on any atom is 0.274 e. The van der Waals surface area contributed by atoms with Crippen LogP contribution in [0.25, 0.3) is 0 Å². The van der Waals surface area contributed by atoms with E-state index in [4.69, 9.17) is 4.84 Å². The molecule has 0 radical (unpaired) electrons. The number of carbonyl (C=O) groups is 1. The molecule has 4 aliphatic rings. The number of pyridine rings is 1. The van der Waals surface area contributed by atoms with Crippen molar-refractivity contribution in [3.05, 3.63) is 53.7 Å². The molecule has 3 atom stereocenters. The van der Waals surface area contributed by atoms with Crippen LogP contribution in [-0.4, -0.2) is 47.2 Å². The first-order chi connectivity index (χ1) is 14.1. The largest absolute Gasteiger partial charge is 0.413 e. The number of nitrogens with one attached hydrogen (secondary N) is 4. The second kappa shape index (κ2) is 7.09. The first kappa shape index (κ1) is 18.0. The van der Waals surface area contributed by atoms with Crippen LogP contribution >= 0.6 is 0 Å². The van der Waals surface area contributed by atoms with Crippen molar-refractivity contribution in [3.63, 3.8) is 0 Å². The van der Waals surface area contributed by atoms with Gasteiger partial charge in [-0.15, -0.1) is 0 Å². The third-order valence-corrected chi connectivity index (χ3v) is 5.71. The number of carbonyl (C=O) groups excluding carboxylic acids is 1. The van der Waals surface area contributed by atoms with Crippen molar-refractivity contribution in [2.75, 3.05) is 23.3 Å². The standard InChI is InChI=1S/C20H25N7O2/c1-12-19(13(2)29-25-12)15-4-5-17-22-11-16(27(17)24-15)20(28)23-14-6-7-21-18(10-14)26-8-3-9-26/h4-7,10-12,15,17,22,24-25H,3,8-9H2,1-2H3,(H,21,23,28). The van der Waals surface area contributed by atoms with E-state index in [-0.39, 0.29) is 24.2 Å². The lowest BCUT2D eigenvalue weighted by Crippen LogP contribution is -2.54. The Morgan fingerprint density at radius 3 is 2.93 bits per heavy atom. The third kappa shape index (κ3) is 3.22. The van der Waals surface area contributed by atoms with Crippen molar-refractivity contribution in [2.45, 2.75) is 38.5 Å². The number of amides is 1. The monoisotopic (exact) mass is 395 g/mol. The molecule has 9 heteroatoms. The molecule has 4 aliphatic heterocycles. The van der Waals surface area contributed by atoms with E-state index in [9.17, 15) is 4.79 Å². The molecule has 0 aliphatic carbocycles. The van der Waals surface area contributed by atoms with Crippen molar-refractivity contribution < 1.29 is 9.63 Å². The van der Waals surface area contributed by atoms with Crippen LogP contribution in [0.4, 0.5) is 11.5 Å². The zero-order chi connectivity index (χ0) is 20.0. The Balaban J connectivity index is 1.30. The molecule has 9 nitrogen and oxygen atoms in total. The Bertz CT molecular complexity index is 921. The summed E-state index contributed by atoms with van der Waals surface area (Å²) in [6.45, 7) is 6.02. The molecule has 0 saturated carbocycles. The maximum absolute atomic E-state index is 13.0. The zero-order valence-corrected chi connectivity index (χ0v) is 16.5. The quantitative estimate of drug-likeness (QED) is 0.560. The van der Waals surface area contributed by atoms with E-state index in [1.165, 1.54) is 6.42 Å². The van der Waals surface area contributed by atoms with E-state index in [0.29, 0.717) is 5.70 Å². The van der Waals surface area contributed by atoms with Crippen LogP contribution in [0.15, 0.2) is 53.7 Å². The van der Waals surface area contributed by atoms with Crippen LogP contribution in [-0.2, 0) is 9.63 Å². The molecule has 4 N–H and O–H groups in total. The maximum atomic E-state index is 13.0. The summed E-state index contributed by atoms with van der Waals surface area (Å²) in [6, 6.07) is 3.78. The molecular weight excluding hydrogens is 370 g/mol. The average Bonchev–Trinajstić information content (AvgIpc) is 3.23. The van der Waals surface area contributed by atoms with E-state index in [2.05, 4.69) is 50.5 Å². The molecule has 1 amide bonds. The van der Waals surface area contributed by atoms with Gasteiger partial charge in [0, 0.05) is 42.8 Å². The fraction of sp³-hybridized carbons (Fsp3) is 0.400. The Morgan fingerprint density at radius 2 is 2.21 bits per heavy atom. The van der Waals surface area contributed by atoms with Gasteiger partial charge in [0.15, 0.2) is 0 Å². The van der Waals surface area contributed by atoms with Crippen molar-refractivity contribution >= 4 is 17.4 Å². The summed E-state index contributed by atoms with van der Waals surface area (Å²) in [5.41, 5.74) is 8.81. The first-order valence-corrected chi connectivity index (χ1v) is 9.95. The second-order valence-corrected chi connectivity index (χ2v) is 7.65. The van der Waals surface area contributed by atoms with E-state index < -0.39 is 0 Å². The number of hydrogen-bond acceptors (Lipinski definition) is 8. The molecule has 5 heterocycles. The molecule has 0 aromatic carbocycles. The minimum atomic E-state index is -0.179. The van der Waals surface area contributed by atoms with Gasteiger partial charge < -0.3 is 20.4 Å². The summed E-state index contributed by atoms with van der Waals surface area (Å²) in [7, 11) is 0. The molecule has 152 valence electrons. The minimum Gasteiger partial charge on any atom is -0.413 e. The second-order valence-electron chi connectivity index (χ2n) is 7.65. The van der Waals surface area contributed by atoms with Gasteiger partial charge in [0.25, 0.3) is 5.91 Å². The van der Waals surface area contributed by atoms with Crippen molar-refractivity contribution in [1.29, 1.82) is 0 Å². The van der Waals surface area contributed by atoms with Gasteiger partial charge in [0.1, 0.15) is 23.4 Å². The molecular formula is C20H25N7O2. The molecule has 1 saturated heterocycles. The predicted molar refractivity (Wildman–Crippen MR) is 109 cm³/mol. The fourth-order valence-corrected chi connectivity index (χ4v) is 4.01. The molecule has 1 fully saturated rings. The summed E-state index contributed by atoms with van der Waals surface area (Å²) in [6.07, 6.45) is 8.70. The van der Waals surface area contributed by atoms with Crippen LogP contribution in [0.5, 0.6) is 0 Å². The molecule has 3 unspecified atom stereocenters. The van der Waals surface area contributed by atoms with Crippen LogP contribution in [0.3, 0.4) is 0 Å². The molecule has 0 spiro atoms. The van der Waals surface area contributed by atoms with E-state index in [0.717, 1.165) is 35.9 Å². The van der Waals surface area contributed by atoms with Gasteiger partial charge >= 0.3 is 0 Å². The summed E-state index contributed by atoms with van der Waals surface area (Å²) in [4.78, 5) is 25.0. The summed E-state index contributed by atoms with van der Waals surface area (Å²) in [5, 5.41) is 8.08. The van der Waals surface area contributed by atoms with Crippen LogP contribution in [0.1, 0.15) is 20.3 Å². The van der Waals surface area contributed by atoms with Crippen LogP contribution in [0.2, 0.25) is 0 Å². The number of fused-ring (bicyclic) bond motifs is 1. The number of nitrogens with zero attached hydrogens (tertiary/aromatic N) is 3. The molecule has 1 aromatic heterocycles. The van der Waals surface area contributed by atoms with Crippen molar-refractivity contribution in [1.82, 2.24) is 26.2 Å². The highest BCUT2D eigenvalue weighted by Gasteiger charge is 2.36. The predicted octanol–water partition coefficient (Wildman–Crippen LogP) is 0.943. The highest BCUT2D eigenvalue weighted by Crippen LogP contribution is 2.27. The van der Waals surface area contributed by atoms with Gasteiger partial charge in [-0.1, -0.05) is 6.08 Å². The van der Waals surface area contributed by atoms with Gasteiger partial charge in [0.05, 0.1) is 12.1 Å². The average molecular weight is 395 g/mol. The number of allylic oxidation sites excluding steroid dienone is 1. The zero-order valence-electron chi connectivity index (χ0n) is 16.5. The van der Waals surface area contributed by atoms with Crippen LogP contribution < -0.4 is 26.4 Å². The highest BCUT2D eigenvalue weighted by molar-refractivity contribution is 6.03. The topological polar surface area (TPSA) is 93.8 Å². The normalized spacial score (nSPS) is 27.8. The molecule has 1 aromatic rings. The number of rotatable bonds is 4. The SMILES string of the molecule is CC1=C(C2C=CC3NC=C(C(=O)Nc4ccnc(N5CCC5)c4)N3N2)C(C)NO1. The summed E-state index contributed by atoms with van der Waals surface area (Å²) >= 11 is 0. The molecule has 29 heavy (non-hydrogen) atoms. The Labute approximate surface area is 169 Å². The fourth-order valence-electron chi connectivity index (χ4n) is 4.01.